The molecule has 0 spiro atoms. The molecular weight excluding hydrogens is 265 g/mol. The molecule has 0 saturated carbocycles. The van der Waals surface area contributed by atoms with Crippen molar-refractivity contribution >= 4 is 29.1 Å². The summed E-state index contributed by atoms with van der Waals surface area (Å²) in [6, 6.07) is 4.74. The van der Waals surface area contributed by atoms with Gasteiger partial charge in [0.15, 0.2) is 6.61 Å². The summed E-state index contributed by atoms with van der Waals surface area (Å²) >= 11 is 11.5. The Kier molecular flexibility index (Phi) is 5.55. The van der Waals surface area contributed by atoms with Crippen molar-refractivity contribution < 1.29 is 14.6 Å². The second-order valence-corrected chi connectivity index (χ2v) is 4.33. The molecule has 0 fully saturated rings. The Morgan fingerprint density at radius 2 is 2.18 bits per heavy atom. The van der Waals surface area contributed by atoms with Crippen molar-refractivity contribution in [2.24, 2.45) is 0 Å². The van der Waals surface area contributed by atoms with E-state index in [-0.39, 0.29) is 19.1 Å². The zero-order valence-corrected chi connectivity index (χ0v) is 10.8. The molecule has 0 heterocycles. The van der Waals surface area contributed by atoms with Gasteiger partial charge in [-0.25, -0.2) is 0 Å². The predicted molar refractivity (Wildman–Crippen MR) is 66.6 cm³/mol. The van der Waals surface area contributed by atoms with E-state index in [1.807, 2.05) is 0 Å². The zero-order chi connectivity index (χ0) is 12.8. The minimum Gasteiger partial charge on any atom is -0.484 e. The number of aliphatic hydroxyl groups excluding tert-OH is 1. The molecule has 2 N–H and O–H groups in total. The van der Waals surface area contributed by atoms with Crippen LogP contribution >= 0.6 is 23.2 Å². The highest BCUT2D eigenvalue weighted by Gasteiger charge is 2.05. The fraction of sp³-hybridized carbons (Fsp3) is 0.364. The van der Waals surface area contributed by atoms with E-state index in [2.05, 4.69) is 5.32 Å². The summed E-state index contributed by atoms with van der Waals surface area (Å²) in [5, 5.41) is 12.3. The van der Waals surface area contributed by atoms with Crippen molar-refractivity contribution in [2.75, 3.05) is 13.2 Å². The van der Waals surface area contributed by atoms with E-state index in [1.54, 1.807) is 19.1 Å². The lowest BCUT2D eigenvalue weighted by Gasteiger charge is -2.09. The average Bonchev–Trinajstić information content (AvgIpc) is 2.28. The number of rotatable bonds is 5. The van der Waals surface area contributed by atoms with Gasteiger partial charge >= 0.3 is 0 Å². The maximum atomic E-state index is 11.3. The van der Waals surface area contributed by atoms with Crippen LogP contribution in [0.2, 0.25) is 10.0 Å². The Labute approximate surface area is 109 Å². The molecule has 94 valence electrons. The molecule has 0 radical (unpaired) electrons. The first kappa shape index (κ1) is 14.1. The molecule has 1 aromatic rings. The smallest absolute Gasteiger partial charge is 0.258 e. The Hall–Kier alpha value is -0.970. The van der Waals surface area contributed by atoms with Crippen LogP contribution in [-0.2, 0) is 4.79 Å². The molecule has 0 aliphatic heterocycles. The average molecular weight is 278 g/mol. The van der Waals surface area contributed by atoms with E-state index in [1.165, 1.54) is 6.07 Å². The third kappa shape index (κ3) is 5.26. The first-order valence-corrected chi connectivity index (χ1v) is 5.77. The number of hydrogen-bond acceptors (Lipinski definition) is 3. The summed E-state index contributed by atoms with van der Waals surface area (Å²) in [7, 11) is 0. The Morgan fingerprint density at radius 3 is 2.76 bits per heavy atom. The Morgan fingerprint density at radius 1 is 1.47 bits per heavy atom. The monoisotopic (exact) mass is 277 g/mol. The molecule has 0 saturated heterocycles. The highest BCUT2D eigenvalue weighted by atomic mass is 35.5. The number of carbonyl (C=O) groups is 1. The summed E-state index contributed by atoms with van der Waals surface area (Å²) in [5.74, 6) is 0.156. The molecule has 0 aromatic heterocycles. The van der Waals surface area contributed by atoms with Crippen LogP contribution in [0.15, 0.2) is 18.2 Å². The highest BCUT2D eigenvalue weighted by Crippen LogP contribution is 2.26. The highest BCUT2D eigenvalue weighted by molar-refractivity contribution is 6.42. The van der Waals surface area contributed by atoms with Crippen LogP contribution in [0.5, 0.6) is 5.75 Å². The second kappa shape index (κ2) is 6.69. The molecule has 17 heavy (non-hydrogen) atoms. The number of benzene rings is 1. The summed E-state index contributed by atoms with van der Waals surface area (Å²) < 4.78 is 5.20. The largest absolute Gasteiger partial charge is 0.484 e. The van der Waals surface area contributed by atoms with Gasteiger partial charge in [-0.05, 0) is 19.1 Å². The molecule has 1 atom stereocenters. The van der Waals surface area contributed by atoms with Gasteiger partial charge in [-0.3, -0.25) is 4.79 Å². The van der Waals surface area contributed by atoms with Gasteiger partial charge in [-0.15, -0.1) is 0 Å². The first-order chi connectivity index (χ1) is 7.99. The fourth-order valence-corrected chi connectivity index (χ4v) is 1.32. The number of hydrogen-bond donors (Lipinski definition) is 2. The van der Waals surface area contributed by atoms with Gasteiger partial charge in [0.1, 0.15) is 5.75 Å². The molecule has 4 nitrogen and oxygen atoms in total. The molecular formula is C11H13Cl2NO3. The summed E-state index contributed by atoms with van der Waals surface area (Å²) in [4.78, 5) is 11.3. The summed E-state index contributed by atoms with van der Waals surface area (Å²) in [6.45, 7) is 1.65. The van der Waals surface area contributed by atoms with E-state index >= 15 is 0 Å². The maximum Gasteiger partial charge on any atom is 0.258 e. The molecule has 6 heteroatoms. The van der Waals surface area contributed by atoms with Crippen LogP contribution in [0.4, 0.5) is 0 Å². The van der Waals surface area contributed by atoms with Crippen molar-refractivity contribution in [1.29, 1.82) is 0 Å². The zero-order valence-electron chi connectivity index (χ0n) is 9.24. The molecule has 0 aliphatic carbocycles. The van der Waals surface area contributed by atoms with Crippen LogP contribution in [0, 0.1) is 0 Å². The lowest BCUT2D eigenvalue weighted by atomic mass is 10.3. The van der Waals surface area contributed by atoms with Crippen molar-refractivity contribution in [3.63, 3.8) is 0 Å². The summed E-state index contributed by atoms with van der Waals surface area (Å²) in [6.07, 6.45) is -0.580. The van der Waals surface area contributed by atoms with Crippen LogP contribution in [0.3, 0.4) is 0 Å². The minimum absolute atomic E-state index is 0.134. The lowest BCUT2D eigenvalue weighted by Crippen LogP contribution is -2.34. The van der Waals surface area contributed by atoms with E-state index < -0.39 is 6.10 Å². The van der Waals surface area contributed by atoms with E-state index in [9.17, 15) is 4.79 Å². The van der Waals surface area contributed by atoms with Crippen LogP contribution in [-0.4, -0.2) is 30.3 Å². The third-order valence-corrected chi connectivity index (χ3v) is 2.59. The molecule has 0 unspecified atom stereocenters. The van der Waals surface area contributed by atoms with Crippen LogP contribution < -0.4 is 10.1 Å². The van der Waals surface area contributed by atoms with Crippen molar-refractivity contribution in [3.05, 3.63) is 28.2 Å². The topological polar surface area (TPSA) is 58.6 Å². The lowest BCUT2D eigenvalue weighted by molar-refractivity contribution is -0.123. The van der Waals surface area contributed by atoms with Crippen LogP contribution in [0.25, 0.3) is 0 Å². The third-order valence-electron chi connectivity index (χ3n) is 1.86. The van der Waals surface area contributed by atoms with Gasteiger partial charge in [-0.2, -0.15) is 0 Å². The van der Waals surface area contributed by atoms with Crippen molar-refractivity contribution in [1.82, 2.24) is 5.32 Å². The van der Waals surface area contributed by atoms with E-state index in [4.69, 9.17) is 33.0 Å². The van der Waals surface area contributed by atoms with Gasteiger partial charge in [0.05, 0.1) is 16.1 Å². The van der Waals surface area contributed by atoms with Gasteiger partial charge in [-0.1, -0.05) is 23.2 Å². The fourth-order valence-electron chi connectivity index (χ4n) is 1.03. The van der Waals surface area contributed by atoms with Crippen molar-refractivity contribution in [2.45, 2.75) is 13.0 Å². The molecule has 1 rings (SSSR count). The maximum absolute atomic E-state index is 11.3. The Balaban J connectivity index is 2.39. The number of ether oxygens (including phenoxy) is 1. The Bertz CT molecular complexity index is 396. The van der Waals surface area contributed by atoms with E-state index in [0.717, 1.165) is 0 Å². The number of carbonyl (C=O) groups excluding carboxylic acids is 1. The predicted octanol–water partition coefficient (Wildman–Crippen LogP) is 1.87. The normalized spacial score (nSPS) is 12.0. The number of halogens is 2. The van der Waals surface area contributed by atoms with Crippen molar-refractivity contribution in [3.8, 4) is 5.75 Å². The molecule has 0 bridgehead atoms. The number of aliphatic hydroxyl groups is 1. The first-order valence-electron chi connectivity index (χ1n) is 5.01. The van der Waals surface area contributed by atoms with Gasteiger partial charge < -0.3 is 15.2 Å². The van der Waals surface area contributed by atoms with E-state index in [0.29, 0.717) is 15.8 Å². The van der Waals surface area contributed by atoms with Gasteiger partial charge in [0.25, 0.3) is 5.91 Å². The standard InChI is InChI=1S/C11H13Cl2NO3/c1-7(15)5-14-11(16)6-17-8-2-3-9(12)10(13)4-8/h2-4,7,15H,5-6H2,1H3,(H,14,16)/t7-/m0/s1. The minimum atomic E-state index is -0.580. The molecule has 1 aromatic carbocycles. The van der Waals surface area contributed by atoms with Gasteiger partial charge in [0.2, 0.25) is 0 Å². The SMILES string of the molecule is C[C@H](O)CNC(=O)COc1ccc(Cl)c(Cl)c1. The number of nitrogens with one attached hydrogen (secondary N) is 1. The quantitative estimate of drug-likeness (QED) is 0.864. The number of amides is 1. The summed E-state index contributed by atoms with van der Waals surface area (Å²) in [5.41, 5.74) is 0. The van der Waals surface area contributed by atoms with Gasteiger partial charge in [0, 0.05) is 12.6 Å². The molecule has 0 aliphatic rings. The van der Waals surface area contributed by atoms with Crippen LogP contribution in [0.1, 0.15) is 6.92 Å². The molecule has 1 amide bonds. The second-order valence-electron chi connectivity index (χ2n) is 3.52.